The fourth-order valence-electron chi connectivity index (χ4n) is 0.968. The predicted octanol–water partition coefficient (Wildman–Crippen LogP) is 0.769. The Hall–Kier alpha value is -0.460. The van der Waals surface area contributed by atoms with Crippen LogP contribution in [0.1, 0.15) is 11.3 Å². The van der Waals surface area contributed by atoms with Crippen LogP contribution >= 0.6 is 0 Å². The summed E-state index contributed by atoms with van der Waals surface area (Å²) in [4.78, 5) is 10.9. The zero-order chi connectivity index (χ0) is 10.6. The summed E-state index contributed by atoms with van der Waals surface area (Å²) in [6.45, 7) is 0. The molecule has 1 aromatic rings. The Kier molecular flexibility index (Phi) is 4.50. The van der Waals surface area contributed by atoms with E-state index in [-0.39, 0.29) is 12.4 Å². The number of carbonyl (C=O) groups is 1. The molecule has 0 aliphatic carbocycles. The second-order valence-corrected chi connectivity index (χ2v) is 6.98. The lowest BCUT2D eigenvalue weighted by molar-refractivity contribution is -0.139. The molecule has 0 saturated carbocycles. The van der Waals surface area contributed by atoms with Gasteiger partial charge >= 0.3 is 5.97 Å². The first-order valence-electron chi connectivity index (χ1n) is 3.86. The minimum atomic E-state index is -0.831. The Balaban J connectivity index is 2.63. The van der Waals surface area contributed by atoms with Gasteiger partial charge in [0.1, 0.15) is 5.76 Å². The summed E-state index contributed by atoms with van der Waals surface area (Å²) in [7, 11) is 0.526. The molecule has 6 heteroatoms. The third kappa shape index (κ3) is 3.73. The van der Waals surface area contributed by atoms with Crippen LogP contribution in [-0.2, 0) is 52.1 Å². The number of furan rings is 1. The molecule has 0 unspecified atom stereocenters. The molecule has 0 saturated heterocycles. The van der Waals surface area contributed by atoms with Crippen LogP contribution in [0.3, 0.4) is 0 Å². The van der Waals surface area contributed by atoms with Crippen molar-refractivity contribution in [3.05, 3.63) is 23.7 Å². The van der Waals surface area contributed by atoms with Crippen LogP contribution in [0.5, 0.6) is 0 Å². The lowest BCUT2D eigenvalue weighted by Gasteiger charge is -1.93. The van der Waals surface area contributed by atoms with Crippen LogP contribution < -0.4 is 0 Å². The predicted molar refractivity (Wildman–Crippen MR) is 61.6 cm³/mol. The van der Waals surface area contributed by atoms with Gasteiger partial charge in [0.15, 0.2) is 0 Å². The highest BCUT2D eigenvalue weighted by Gasteiger charge is 2.06. The Bertz CT molecular complexity index is 384. The van der Waals surface area contributed by atoms with E-state index >= 15 is 0 Å². The van der Waals surface area contributed by atoms with Crippen LogP contribution in [0.15, 0.2) is 16.7 Å². The molecule has 0 fully saturated rings. The maximum Gasteiger partial charge on any atom is 0.310 e. The third-order valence-corrected chi connectivity index (χ3v) is 2.91. The molecule has 1 aromatic heterocycles. The van der Waals surface area contributed by atoms with E-state index in [1.54, 1.807) is 6.07 Å². The fraction of sp³-hybridized carbons (Fsp3) is 0.375. The van der Waals surface area contributed by atoms with E-state index in [1.807, 2.05) is 0 Å². The standard InChI is InChI=1S/C8H10O3S3/c1-10-8(9)3-6-2-7(11-4-6)5-14(12)13/h2,4,14H,3,5H2,1H3. The Morgan fingerprint density at radius 3 is 2.93 bits per heavy atom. The minimum Gasteiger partial charge on any atom is -0.469 e. The van der Waals surface area contributed by atoms with Crippen LogP contribution in [0.4, 0.5) is 0 Å². The highest BCUT2D eigenvalue weighted by Crippen LogP contribution is 2.09. The van der Waals surface area contributed by atoms with Crippen molar-refractivity contribution in [2.45, 2.75) is 12.2 Å². The van der Waals surface area contributed by atoms with E-state index in [0.717, 1.165) is 11.3 Å². The van der Waals surface area contributed by atoms with E-state index in [4.69, 9.17) is 26.8 Å². The van der Waals surface area contributed by atoms with E-state index in [9.17, 15) is 4.79 Å². The normalized spacial score (nSPS) is 10.4. The first-order valence-corrected chi connectivity index (χ1v) is 7.42. The first kappa shape index (κ1) is 11.6. The number of thiol groups is 1. The molecule has 0 amide bonds. The second-order valence-electron chi connectivity index (χ2n) is 2.67. The minimum absolute atomic E-state index is 0.229. The van der Waals surface area contributed by atoms with Crippen LogP contribution in [0.25, 0.3) is 0 Å². The zero-order valence-electron chi connectivity index (χ0n) is 7.56. The van der Waals surface area contributed by atoms with Crippen molar-refractivity contribution in [1.82, 2.24) is 0 Å². The number of hydrogen-bond acceptors (Lipinski definition) is 5. The van der Waals surface area contributed by atoms with Gasteiger partial charge in [-0.15, -0.1) is 0 Å². The first-order chi connectivity index (χ1) is 6.61. The molecule has 0 atom stereocenters. The smallest absolute Gasteiger partial charge is 0.310 e. The summed E-state index contributed by atoms with van der Waals surface area (Å²) in [5, 5.41) is 0. The van der Waals surface area contributed by atoms with Gasteiger partial charge in [0.25, 0.3) is 0 Å². The molecule has 0 radical (unpaired) electrons. The number of rotatable bonds is 4. The van der Waals surface area contributed by atoms with Gasteiger partial charge in [-0.05, 0) is 28.4 Å². The number of esters is 1. The van der Waals surface area contributed by atoms with Crippen molar-refractivity contribution in [2.24, 2.45) is 0 Å². The van der Waals surface area contributed by atoms with Gasteiger partial charge < -0.3 is 9.15 Å². The molecule has 0 aromatic carbocycles. The summed E-state index contributed by atoms with van der Waals surface area (Å²) in [6, 6.07) is 1.80. The maximum atomic E-state index is 10.9. The van der Waals surface area contributed by atoms with Crippen molar-refractivity contribution >= 4 is 36.4 Å². The molecule has 0 N–H and O–H groups in total. The monoisotopic (exact) mass is 250 g/mol. The summed E-state index contributed by atoms with van der Waals surface area (Å²) < 4.78 is 9.72. The van der Waals surface area contributed by atoms with Crippen molar-refractivity contribution in [3.8, 4) is 0 Å². The average molecular weight is 250 g/mol. The fourth-order valence-corrected chi connectivity index (χ4v) is 2.15. The molecule has 14 heavy (non-hydrogen) atoms. The van der Waals surface area contributed by atoms with Gasteiger partial charge in [0.05, 0.1) is 25.5 Å². The van der Waals surface area contributed by atoms with E-state index in [2.05, 4.69) is 4.74 Å². The van der Waals surface area contributed by atoms with E-state index in [1.165, 1.54) is 13.4 Å². The van der Waals surface area contributed by atoms with Gasteiger partial charge in [-0.25, -0.2) is 0 Å². The number of ether oxygens (including phenoxy) is 1. The molecule has 0 bridgehead atoms. The Morgan fingerprint density at radius 2 is 2.36 bits per heavy atom. The molecule has 1 heterocycles. The Labute approximate surface area is 93.3 Å². The molecular formula is C8H10O3S3. The van der Waals surface area contributed by atoms with Crippen molar-refractivity contribution in [2.75, 3.05) is 7.11 Å². The van der Waals surface area contributed by atoms with Crippen molar-refractivity contribution < 1.29 is 13.9 Å². The third-order valence-electron chi connectivity index (χ3n) is 1.57. The number of carbonyl (C=O) groups excluding carboxylic acids is 1. The highest BCUT2D eigenvalue weighted by atomic mass is 33.1. The molecule has 0 aliphatic heterocycles. The topological polar surface area (TPSA) is 39.4 Å². The molecular weight excluding hydrogens is 240 g/mol. The number of methoxy groups -OCH3 is 1. The molecule has 78 valence electrons. The zero-order valence-corrected chi connectivity index (χ0v) is 10.1. The molecule has 3 nitrogen and oxygen atoms in total. The van der Waals surface area contributed by atoms with Crippen molar-refractivity contribution in [1.29, 1.82) is 0 Å². The van der Waals surface area contributed by atoms with E-state index < -0.39 is 8.01 Å². The number of hydrogen-bond donors (Lipinski definition) is 1. The molecule has 0 aliphatic rings. The van der Waals surface area contributed by atoms with Crippen molar-refractivity contribution in [3.63, 3.8) is 0 Å². The summed E-state index contributed by atoms with van der Waals surface area (Å²) in [5.41, 5.74) is 0.800. The molecule has 0 spiro atoms. The molecule has 1 rings (SSSR count). The Morgan fingerprint density at radius 1 is 1.64 bits per heavy atom. The van der Waals surface area contributed by atoms with Crippen LogP contribution in [0, 0.1) is 0 Å². The van der Waals surface area contributed by atoms with E-state index in [0.29, 0.717) is 5.75 Å². The lowest BCUT2D eigenvalue weighted by Crippen LogP contribution is -2.03. The maximum absolute atomic E-state index is 10.9. The summed E-state index contributed by atoms with van der Waals surface area (Å²) in [6.07, 6.45) is 1.77. The van der Waals surface area contributed by atoms with Gasteiger partial charge in [-0.3, -0.25) is 4.79 Å². The van der Waals surface area contributed by atoms with Gasteiger partial charge in [-0.1, -0.05) is 8.01 Å². The van der Waals surface area contributed by atoms with Gasteiger partial charge in [0.2, 0.25) is 0 Å². The lowest BCUT2D eigenvalue weighted by atomic mass is 10.2. The van der Waals surface area contributed by atoms with Gasteiger partial charge in [0, 0.05) is 5.56 Å². The van der Waals surface area contributed by atoms with Crippen LogP contribution in [-0.4, -0.2) is 13.1 Å². The largest absolute Gasteiger partial charge is 0.469 e. The summed E-state index contributed by atoms with van der Waals surface area (Å²) >= 11 is 9.82. The van der Waals surface area contributed by atoms with Gasteiger partial charge in [-0.2, -0.15) is 0 Å². The highest BCUT2D eigenvalue weighted by molar-refractivity contribution is 8.46. The SMILES string of the molecule is COC(=O)Cc1coc(C[SH](=S)=S)c1. The average Bonchev–Trinajstić information content (AvgIpc) is 2.51. The summed E-state index contributed by atoms with van der Waals surface area (Å²) in [5.74, 6) is 1.07. The second kappa shape index (κ2) is 5.43. The quantitative estimate of drug-likeness (QED) is 0.631. The van der Waals surface area contributed by atoms with Crippen LogP contribution in [0.2, 0.25) is 0 Å².